The summed E-state index contributed by atoms with van der Waals surface area (Å²) >= 11 is 1.68. The summed E-state index contributed by atoms with van der Waals surface area (Å²) in [5, 5.41) is 3.15. The van der Waals surface area contributed by atoms with Gasteiger partial charge in [0.25, 0.3) is 0 Å². The van der Waals surface area contributed by atoms with Crippen LogP contribution in [0.15, 0.2) is 29.6 Å². The molecule has 0 bridgehead atoms. The molecule has 2 N–H and O–H groups in total. The van der Waals surface area contributed by atoms with Crippen LogP contribution in [-0.4, -0.2) is 4.98 Å². The van der Waals surface area contributed by atoms with Gasteiger partial charge in [0.1, 0.15) is 5.01 Å². The monoisotopic (exact) mass is 230 g/mol. The van der Waals surface area contributed by atoms with Crippen molar-refractivity contribution in [1.82, 2.24) is 4.98 Å². The quantitative estimate of drug-likeness (QED) is 0.817. The minimum Gasteiger partial charge on any atom is -0.319 e. The molecule has 3 rings (SSSR count). The molecule has 0 amide bonds. The topological polar surface area (TPSA) is 38.9 Å². The van der Waals surface area contributed by atoms with Gasteiger partial charge in [-0.3, -0.25) is 0 Å². The molecule has 16 heavy (non-hydrogen) atoms. The molecule has 0 aliphatic heterocycles. The van der Waals surface area contributed by atoms with Crippen LogP contribution < -0.4 is 5.73 Å². The fraction of sp³-hybridized carbons (Fsp3) is 0.308. The predicted octanol–water partition coefficient (Wildman–Crippen LogP) is 2.40. The number of nitrogens with two attached hydrogens (primary N) is 1. The summed E-state index contributed by atoms with van der Waals surface area (Å²) < 4.78 is 0. The van der Waals surface area contributed by atoms with Gasteiger partial charge < -0.3 is 5.73 Å². The third-order valence-corrected chi connectivity index (χ3v) is 4.36. The Kier molecular flexibility index (Phi) is 2.13. The highest BCUT2D eigenvalue weighted by Gasteiger charge is 2.37. The van der Waals surface area contributed by atoms with Crippen LogP contribution in [0.4, 0.5) is 0 Å². The van der Waals surface area contributed by atoms with Gasteiger partial charge >= 0.3 is 0 Å². The zero-order valence-corrected chi connectivity index (χ0v) is 10.1. The number of hydrogen-bond donors (Lipinski definition) is 1. The highest BCUT2D eigenvalue weighted by molar-refractivity contribution is 7.09. The van der Waals surface area contributed by atoms with E-state index in [0.717, 1.165) is 23.5 Å². The molecule has 1 aromatic heterocycles. The standard InChI is InChI=1S/C13H14N2S/c1-9-8-16-12(15-9)13(14)6-10-4-2-3-5-11(10)7-13/h2-5,8H,6-7,14H2,1H3. The van der Waals surface area contributed by atoms with Crippen LogP contribution >= 0.6 is 11.3 Å². The smallest absolute Gasteiger partial charge is 0.113 e. The second kappa shape index (κ2) is 3.40. The highest BCUT2D eigenvalue weighted by atomic mass is 32.1. The Hall–Kier alpha value is -1.19. The summed E-state index contributed by atoms with van der Waals surface area (Å²) in [6, 6.07) is 8.50. The van der Waals surface area contributed by atoms with E-state index in [0.29, 0.717) is 0 Å². The number of benzene rings is 1. The van der Waals surface area contributed by atoms with Gasteiger partial charge in [0.05, 0.1) is 5.54 Å². The zero-order chi connectivity index (χ0) is 11.2. The second-order valence-electron chi connectivity index (χ2n) is 4.57. The van der Waals surface area contributed by atoms with Crippen molar-refractivity contribution in [3.8, 4) is 0 Å². The molecule has 1 aromatic carbocycles. The van der Waals surface area contributed by atoms with Crippen LogP contribution in [0.1, 0.15) is 21.8 Å². The predicted molar refractivity (Wildman–Crippen MR) is 66.6 cm³/mol. The fourth-order valence-corrected chi connectivity index (χ4v) is 3.29. The van der Waals surface area contributed by atoms with Crippen molar-refractivity contribution in [3.05, 3.63) is 51.5 Å². The minimum atomic E-state index is -0.275. The van der Waals surface area contributed by atoms with Gasteiger partial charge in [-0.05, 0) is 30.9 Å². The molecule has 0 fully saturated rings. The van der Waals surface area contributed by atoms with E-state index in [1.54, 1.807) is 11.3 Å². The molecular formula is C13H14N2S. The Morgan fingerprint density at radius 1 is 1.25 bits per heavy atom. The van der Waals surface area contributed by atoms with Crippen molar-refractivity contribution < 1.29 is 0 Å². The number of aryl methyl sites for hydroxylation is 1. The SMILES string of the molecule is Cc1csc(C2(N)Cc3ccccc3C2)n1. The van der Waals surface area contributed by atoms with E-state index in [1.807, 2.05) is 6.92 Å². The molecule has 0 atom stereocenters. The number of hydrogen-bond acceptors (Lipinski definition) is 3. The first kappa shape index (κ1) is 10.00. The van der Waals surface area contributed by atoms with E-state index in [-0.39, 0.29) is 5.54 Å². The Morgan fingerprint density at radius 2 is 1.88 bits per heavy atom. The normalized spacial score (nSPS) is 17.4. The van der Waals surface area contributed by atoms with Crippen LogP contribution in [0.2, 0.25) is 0 Å². The Bertz CT molecular complexity index is 505. The average Bonchev–Trinajstić information content (AvgIpc) is 2.81. The van der Waals surface area contributed by atoms with Gasteiger partial charge in [-0.25, -0.2) is 4.98 Å². The Labute approximate surface area is 99.1 Å². The molecule has 0 radical (unpaired) electrons. The molecule has 1 aliphatic rings. The van der Waals surface area contributed by atoms with E-state index < -0.39 is 0 Å². The van der Waals surface area contributed by atoms with Crippen molar-refractivity contribution in [1.29, 1.82) is 0 Å². The minimum absolute atomic E-state index is 0.275. The fourth-order valence-electron chi connectivity index (χ4n) is 2.38. The van der Waals surface area contributed by atoms with Crippen LogP contribution in [0, 0.1) is 6.92 Å². The molecule has 0 unspecified atom stereocenters. The Morgan fingerprint density at radius 3 is 2.38 bits per heavy atom. The summed E-state index contributed by atoms with van der Waals surface area (Å²) in [7, 11) is 0. The van der Waals surface area contributed by atoms with E-state index >= 15 is 0 Å². The first-order chi connectivity index (χ1) is 7.67. The van der Waals surface area contributed by atoms with E-state index in [1.165, 1.54) is 11.1 Å². The lowest BCUT2D eigenvalue weighted by atomic mass is 9.98. The molecule has 3 heteroatoms. The van der Waals surface area contributed by atoms with Crippen molar-refractivity contribution in [2.24, 2.45) is 5.73 Å². The first-order valence-electron chi connectivity index (χ1n) is 5.46. The van der Waals surface area contributed by atoms with Gasteiger partial charge in [-0.15, -0.1) is 11.3 Å². The third-order valence-electron chi connectivity index (χ3n) is 3.18. The number of fused-ring (bicyclic) bond motifs is 1. The molecule has 1 aliphatic carbocycles. The molecule has 1 heterocycles. The van der Waals surface area contributed by atoms with Crippen molar-refractivity contribution in [2.45, 2.75) is 25.3 Å². The summed E-state index contributed by atoms with van der Waals surface area (Å²) in [5.74, 6) is 0. The average molecular weight is 230 g/mol. The molecule has 0 spiro atoms. The maximum atomic E-state index is 6.49. The van der Waals surface area contributed by atoms with Gasteiger partial charge in [0, 0.05) is 11.1 Å². The largest absolute Gasteiger partial charge is 0.319 e. The van der Waals surface area contributed by atoms with Gasteiger partial charge in [0.15, 0.2) is 0 Å². The zero-order valence-electron chi connectivity index (χ0n) is 9.23. The van der Waals surface area contributed by atoms with E-state index in [2.05, 4.69) is 34.6 Å². The number of thiazole rings is 1. The molecular weight excluding hydrogens is 216 g/mol. The number of nitrogens with zero attached hydrogens (tertiary/aromatic N) is 1. The molecule has 2 nitrogen and oxygen atoms in total. The third kappa shape index (κ3) is 1.47. The van der Waals surface area contributed by atoms with Crippen LogP contribution in [0.5, 0.6) is 0 Å². The van der Waals surface area contributed by atoms with Crippen molar-refractivity contribution in [2.75, 3.05) is 0 Å². The summed E-state index contributed by atoms with van der Waals surface area (Å²) in [6.45, 7) is 2.02. The number of aromatic nitrogens is 1. The maximum Gasteiger partial charge on any atom is 0.113 e. The molecule has 0 saturated heterocycles. The lowest BCUT2D eigenvalue weighted by molar-refractivity contribution is 0.469. The summed E-state index contributed by atoms with van der Waals surface area (Å²) in [4.78, 5) is 4.54. The lowest BCUT2D eigenvalue weighted by Crippen LogP contribution is -2.37. The van der Waals surface area contributed by atoms with Crippen molar-refractivity contribution >= 4 is 11.3 Å². The van der Waals surface area contributed by atoms with Gasteiger partial charge in [-0.2, -0.15) is 0 Å². The number of rotatable bonds is 1. The Balaban J connectivity index is 2.00. The van der Waals surface area contributed by atoms with E-state index in [9.17, 15) is 0 Å². The van der Waals surface area contributed by atoms with Gasteiger partial charge in [0.2, 0.25) is 0 Å². The molecule has 82 valence electrons. The van der Waals surface area contributed by atoms with Gasteiger partial charge in [-0.1, -0.05) is 24.3 Å². The summed E-state index contributed by atoms with van der Waals surface area (Å²) in [6.07, 6.45) is 1.83. The van der Waals surface area contributed by atoms with Crippen LogP contribution in [0.3, 0.4) is 0 Å². The first-order valence-corrected chi connectivity index (χ1v) is 6.34. The van der Waals surface area contributed by atoms with E-state index in [4.69, 9.17) is 5.73 Å². The lowest BCUT2D eigenvalue weighted by Gasteiger charge is -2.20. The second-order valence-corrected chi connectivity index (χ2v) is 5.43. The van der Waals surface area contributed by atoms with Crippen LogP contribution in [-0.2, 0) is 18.4 Å². The maximum absolute atomic E-state index is 6.49. The van der Waals surface area contributed by atoms with Crippen molar-refractivity contribution in [3.63, 3.8) is 0 Å². The molecule has 2 aromatic rings. The summed E-state index contributed by atoms with van der Waals surface area (Å²) in [5.41, 5.74) is 10.0. The van der Waals surface area contributed by atoms with Crippen LogP contribution in [0.25, 0.3) is 0 Å². The highest BCUT2D eigenvalue weighted by Crippen LogP contribution is 2.36. The molecule has 0 saturated carbocycles.